The third kappa shape index (κ3) is 3.55. The Kier molecular flexibility index (Phi) is 4.84. The molecule has 0 saturated heterocycles. The van der Waals surface area contributed by atoms with Crippen molar-refractivity contribution < 1.29 is 4.74 Å². The summed E-state index contributed by atoms with van der Waals surface area (Å²) in [6.45, 7) is 4.42. The predicted molar refractivity (Wildman–Crippen MR) is 85.7 cm³/mol. The van der Waals surface area contributed by atoms with Gasteiger partial charge in [0.05, 0.1) is 5.52 Å². The molecule has 0 aliphatic heterocycles. The maximum Gasteiger partial charge on any atom is 0.145 e. The molecule has 0 radical (unpaired) electrons. The molecule has 2 aromatic rings. The van der Waals surface area contributed by atoms with Crippen LogP contribution in [0.2, 0.25) is 0 Å². The fraction of sp³-hybridized carbons (Fsp3) is 0.267. The van der Waals surface area contributed by atoms with Crippen LogP contribution in [0.1, 0.15) is 19.4 Å². The van der Waals surface area contributed by atoms with E-state index in [9.17, 15) is 0 Å². The highest BCUT2D eigenvalue weighted by atomic mass is 16.5. The molecular weight excluding hydrogens is 266 g/mol. The Morgan fingerprint density at radius 3 is 2.95 bits per heavy atom. The molecule has 0 aliphatic carbocycles. The molecule has 6 heteroatoms. The van der Waals surface area contributed by atoms with Gasteiger partial charge in [0, 0.05) is 30.0 Å². The highest BCUT2D eigenvalue weighted by Crippen LogP contribution is 2.21. The number of anilines is 1. The van der Waals surface area contributed by atoms with Crippen molar-refractivity contribution in [3.63, 3.8) is 0 Å². The summed E-state index contributed by atoms with van der Waals surface area (Å²) in [6.07, 6.45) is 4.44. The Balaban J connectivity index is 2.33. The van der Waals surface area contributed by atoms with Gasteiger partial charge in [0.25, 0.3) is 0 Å². The number of rotatable bonds is 5. The van der Waals surface area contributed by atoms with Gasteiger partial charge in [0.2, 0.25) is 0 Å². The number of ether oxygens (including phenoxy) is 1. The molecule has 0 fully saturated rings. The van der Waals surface area contributed by atoms with Crippen LogP contribution in [0.25, 0.3) is 16.5 Å². The van der Waals surface area contributed by atoms with Crippen LogP contribution in [0.5, 0.6) is 0 Å². The smallest absolute Gasteiger partial charge is 0.145 e. The number of allylic oxidation sites excluding steroid dienone is 1. The van der Waals surface area contributed by atoms with Crippen LogP contribution in [-0.4, -0.2) is 29.0 Å². The number of nitrogen functional groups attached to an aromatic ring is 1. The van der Waals surface area contributed by atoms with Gasteiger partial charge in [-0.25, -0.2) is 9.97 Å². The number of nitrogens with zero attached hydrogens (tertiary/aromatic N) is 3. The van der Waals surface area contributed by atoms with Crippen molar-refractivity contribution in [3.05, 3.63) is 36.3 Å². The van der Waals surface area contributed by atoms with Gasteiger partial charge < -0.3 is 16.2 Å². The number of hydrogen-bond donors (Lipinski definition) is 2. The maximum atomic E-state index is 5.87. The lowest BCUT2D eigenvalue weighted by atomic mass is 10.1. The molecule has 1 aromatic heterocycles. The number of fused-ring (bicyclic) bond motifs is 1. The van der Waals surface area contributed by atoms with Crippen LogP contribution in [0, 0.1) is 0 Å². The predicted octanol–water partition coefficient (Wildman–Crippen LogP) is 1.96. The average Bonchev–Trinajstić information content (AvgIpc) is 2.49. The molecule has 1 unspecified atom stereocenters. The van der Waals surface area contributed by atoms with E-state index in [2.05, 4.69) is 15.0 Å². The van der Waals surface area contributed by atoms with Crippen molar-refractivity contribution in [2.24, 2.45) is 10.7 Å². The summed E-state index contributed by atoms with van der Waals surface area (Å²) in [5.41, 5.74) is 14.0. The van der Waals surface area contributed by atoms with Gasteiger partial charge in [-0.05, 0) is 31.5 Å². The van der Waals surface area contributed by atoms with E-state index >= 15 is 0 Å². The minimum Gasteiger partial charge on any atom is -0.404 e. The SMILES string of the molecule is CCOC(C)N=CC(=CN)c1ccc2ncnc(N)c2c1. The fourth-order valence-electron chi connectivity index (χ4n) is 1.94. The first-order chi connectivity index (χ1) is 10.2. The van der Waals surface area contributed by atoms with Crippen LogP contribution in [-0.2, 0) is 4.74 Å². The van der Waals surface area contributed by atoms with Crippen LogP contribution < -0.4 is 11.5 Å². The van der Waals surface area contributed by atoms with Crippen molar-refractivity contribution in [1.29, 1.82) is 0 Å². The van der Waals surface area contributed by atoms with Gasteiger partial charge in [0.1, 0.15) is 18.4 Å². The second-order valence-electron chi connectivity index (χ2n) is 4.45. The Morgan fingerprint density at radius 1 is 1.43 bits per heavy atom. The van der Waals surface area contributed by atoms with Crippen LogP contribution in [0.3, 0.4) is 0 Å². The van der Waals surface area contributed by atoms with E-state index in [1.54, 1.807) is 6.21 Å². The average molecular weight is 285 g/mol. The molecule has 2 rings (SSSR count). The highest BCUT2D eigenvalue weighted by molar-refractivity contribution is 6.10. The minimum absolute atomic E-state index is 0.209. The molecule has 0 saturated carbocycles. The molecule has 0 aliphatic rings. The molecular formula is C15H19N5O. The first-order valence-corrected chi connectivity index (χ1v) is 6.73. The summed E-state index contributed by atoms with van der Waals surface area (Å²) in [5.74, 6) is 0.442. The lowest BCUT2D eigenvalue weighted by molar-refractivity contribution is 0.0836. The van der Waals surface area contributed by atoms with Gasteiger partial charge in [-0.3, -0.25) is 4.99 Å². The molecule has 21 heavy (non-hydrogen) atoms. The normalized spacial score (nSPS) is 13.9. The lowest BCUT2D eigenvalue weighted by Crippen LogP contribution is -2.05. The largest absolute Gasteiger partial charge is 0.404 e. The quantitative estimate of drug-likeness (QED) is 0.818. The number of benzene rings is 1. The molecule has 6 nitrogen and oxygen atoms in total. The Morgan fingerprint density at radius 2 is 2.24 bits per heavy atom. The highest BCUT2D eigenvalue weighted by Gasteiger charge is 2.05. The van der Waals surface area contributed by atoms with Crippen molar-refractivity contribution >= 4 is 28.5 Å². The van der Waals surface area contributed by atoms with Crippen LogP contribution >= 0.6 is 0 Å². The summed E-state index contributed by atoms with van der Waals surface area (Å²) in [5, 5.41) is 0.792. The van der Waals surface area contributed by atoms with Crippen molar-refractivity contribution in [1.82, 2.24) is 9.97 Å². The second kappa shape index (κ2) is 6.81. The molecule has 1 atom stereocenters. The monoisotopic (exact) mass is 285 g/mol. The minimum atomic E-state index is -0.209. The Labute approximate surface area is 123 Å². The molecule has 110 valence electrons. The van der Waals surface area contributed by atoms with E-state index in [1.807, 2.05) is 32.0 Å². The van der Waals surface area contributed by atoms with Crippen LogP contribution in [0.15, 0.2) is 35.7 Å². The fourth-order valence-corrected chi connectivity index (χ4v) is 1.94. The standard InChI is InChI=1S/C15H19N5O/c1-3-21-10(2)18-8-12(7-16)11-4-5-14-13(6-11)15(17)20-9-19-14/h4-10H,3,16H2,1-2H3,(H2,17,19,20). The Hall–Kier alpha value is -2.47. The van der Waals surface area contributed by atoms with Crippen molar-refractivity contribution in [2.45, 2.75) is 20.1 Å². The van der Waals surface area contributed by atoms with E-state index < -0.39 is 0 Å². The second-order valence-corrected chi connectivity index (χ2v) is 4.45. The first-order valence-electron chi connectivity index (χ1n) is 6.73. The third-order valence-corrected chi connectivity index (χ3v) is 3.01. The summed E-state index contributed by atoms with van der Waals surface area (Å²) in [4.78, 5) is 12.5. The summed E-state index contributed by atoms with van der Waals surface area (Å²) in [7, 11) is 0. The van der Waals surface area contributed by atoms with Gasteiger partial charge >= 0.3 is 0 Å². The Bertz CT molecular complexity index is 681. The van der Waals surface area contributed by atoms with Gasteiger partial charge in [-0.15, -0.1) is 0 Å². The van der Waals surface area contributed by atoms with Crippen LogP contribution in [0.4, 0.5) is 5.82 Å². The molecule has 0 spiro atoms. The number of aliphatic imine (C=N–C) groups is 1. The van der Waals surface area contributed by atoms with Crippen molar-refractivity contribution in [2.75, 3.05) is 12.3 Å². The summed E-state index contributed by atoms with van der Waals surface area (Å²) in [6, 6.07) is 5.71. The van der Waals surface area contributed by atoms with E-state index in [-0.39, 0.29) is 6.23 Å². The first kappa shape index (κ1) is 14.9. The molecule has 0 bridgehead atoms. The number of hydrogen-bond acceptors (Lipinski definition) is 6. The zero-order valence-corrected chi connectivity index (χ0v) is 12.2. The zero-order chi connectivity index (χ0) is 15.2. The summed E-state index contributed by atoms with van der Waals surface area (Å²) < 4.78 is 5.36. The van der Waals surface area contributed by atoms with E-state index in [0.717, 1.165) is 22.0 Å². The molecule has 1 aromatic carbocycles. The number of aromatic nitrogens is 2. The topological polar surface area (TPSA) is 99.4 Å². The van der Waals surface area contributed by atoms with E-state index in [1.165, 1.54) is 12.5 Å². The molecule has 0 amide bonds. The lowest BCUT2D eigenvalue weighted by Gasteiger charge is -2.07. The van der Waals surface area contributed by atoms with Gasteiger partial charge in [-0.2, -0.15) is 0 Å². The van der Waals surface area contributed by atoms with Gasteiger partial charge in [0.15, 0.2) is 0 Å². The number of nitrogens with two attached hydrogens (primary N) is 2. The third-order valence-electron chi connectivity index (χ3n) is 3.01. The molecule has 4 N–H and O–H groups in total. The van der Waals surface area contributed by atoms with Gasteiger partial charge in [-0.1, -0.05) is 6.07 Å². The zero-order valence-electron chi connectivity index (χ0n) is 12.2. The molecule has 1 heterocycles. The van der Waals surface area contributed by atoms with E-state index in [0.29, 0.717) is 12.4 Å². The van der Waals surface area contributed by atoms with E-state index in [4.69, 9.17) is 16.2 Å². The summed E-state index contributed by atoms with van der Waals surface area (Å²) >= 11 is 0. The van der Waals surface area contributed by atoms with Crippen molar-refractivity contribution in [3.8, 4) is 0 Å². The maximum absolute atomic E-state index is 5.87.